The number of carbonyl (C=O) groups excluding carboxylic acids is 2. The average Bonchev–Trinajstić information content (AvgIpc) is 3.13. The van der Waals surface area contributed by atoms with Crippen molar-refractivity contribution in [1.82, 2.24) is 10.2 Å². The minimum atomic E-state index is -0.238. The van der Waals surface area contributed by atoms with Crippen molar-refractivity contribution in [2.24, 2.45) is 0 Å². The fourth-order valence-corrected chi connectivity index (χ4v) is 2.77. The van der Waals surface area contributed by atoms with Crippen molar-refractivity contribution in [1.29, 1.82) is 0 Å². The lowest BCUT2D eigenvalue weighted by Gasteiger charge is -2.18. The molecule has 1 aromatic carbocycles. The molecule has 0 aliphatic carbocycles. The number of benzene rings is 1. The van der Waals surface area contributed by atoms with Gasteiger partial charge in [-0.05, 0) is 29.1 Å². The quantitative estimate of drug-likeness (QED) is 0.832. The summed E-state index contributed by atoms with van der Waals surface area (Å²) in [6.45, 7) is 0.370. The van der Waals surface area contributed by atoms with Gasteiger partial charge < -0.3 is 19.7 Å². The molecule has 0 bridgehead atoms. The average molecular weight is 348 g/mol. The summed E-state index contributed by atoms with van der Waals surface area (Å²) < 4.78 is 10.4. The molecule has 0 aliphatic rings. The Bertz CT molecular complexity index is 701. The second-order valence-corrected chi connectivity index (χ2v) is 6.05. The first-order valence-corrected chi connectivity index (χ1v) is 8.19. The van der Waals surface area contributed by atoms with Crippen LogP contribution >= 0.6 is 11.3 Å². The summed E-state index contributed by atoms with van der Waals surface area (Å²) in [4.78, 5) is 26.1. The first kappa shape index (κ1) is 17.8. The zero-order chi connectivity index (χ0) is 17.5. The van der Waals surface area contributed by atoms with E-state index in [-0.39, 0.29) is 18.4 Å². The molecule has 2 amide bonds. The number of methoxy groups -OCH3 is 2. The Morgan fingerprint density at radius 1 is 1.17 bits per heavy atom. The monoisotopic (exact) mass is 348 g/mol. The van der Waals surface area contributed by atoms with Crippen molar-refractivity contribution in [2.75, 3.05) is 27.8 Å². The van der Waals surface area contributed by atoms with E-state index < -0.39 is 0 Å². The topological polar surface area (TPSA) is 67.9 Å². The van der Waals surface area contributed by atoms with Crippen LogP contribution in [-0.4, -0.2) is 44.5 Å². The molecule has 2 aromatic rings. The van der Waals surface area contributed by atoms with Crippen LogP contribution < -0.4 is 14.8 Å². The van der Waals surface area contributed by atoms with E-state index in [0.717, 1.165) is 5.56 Å². The molecular weight excluding hydrogens is 328 g/mol. The third kappa shape index (κ3) is 4.48. The number of thiophene rings is 1. The van der Waals surface area contributed by atoms with Gasteiger partial charge in [-0.25, -0.2) is 0 Å². The van der Waals surface area contributed by atoms with Crippen LogP contribution in [0.15, 0.2) is 35.7 Å². The molecule has 128 valence electrons. The van der Waals surface area contributed by atoms with Gasteiger partial charge in [-0.2, -0.15) is 0 Å². The number of likely N-dealkylation sites (N-methyl/N-ethyl adjacent to an activating group) is 1. The Morgan fingerprint density at radius 2 is 1.92 bits per heavy atom. The Kier molecular flexibility index (Phi) is 6.20. The lowest BCUT2D eigenvalue weighted by atomic mass is 10.2. The summed E-state index contributed by atoms with van der Waals surface area (Å²) in [6.07, 6.45) is 0. The number of hydrogen-bond donors (Lipinski definition) is 1. The van der Waals surface area contributed by atoms with E-state index in [1.54, 1.807) is 44.4 Å². The van der Waals surface area contributed by atoms with Gasteiger partial charge in [0.15, 0.2) is 11.5 Å². The lowest BCUT2D eigenvalue weighted by Crippen LogP contribution is -2.37. The number of rotatable bonds is 7. The van der Waals surface area contributed by atoms with Crippen molar-refractivity contribution >= 4 is 23.2 Å². The van der Waals surface area contributed by atoms with Crippen molar-refractivity contribution < 1.29 is 19.1 Å². The van der Waals surface area contributed by atoms with Crippen molar-refractivity contribution in [3.05, 3.63) is 46.2 Å². The molecule has 2 rings (SSSR count). The van der Waals surface area contributed by atoms with Crippen LogP contribution in [-0.2, 0) is 11.3 Å². The second kappa shape index (κ2) is 8.35. The van der Waals surface area contributed by atoms with Crippen LogP contribution in [0.4, 0.5) is 0 Å². The van der Waals surface area contributed by atoms with Crippen molar-refractivity contribution in [3.63, 3.8) is 0 Å². The molecule has 0 saturated carbocycles. The first-order valence-electron chi connectivity index (χ1n) is 7.31. The molecule has 24 heavy (non-hydrogen) atoms. The highest BCUT2D eigenvalue weighted by Gasteiger charge is 2.13. The maximum Gasteiger partial charge on any atom is 0.261 e. The van der Waals surface area contributed by atoms with E-state index in [2.05, 4.69) is 5.32 Å². The number of ether oxygens (including phenoxy) is 2. The number of nitrogens with one attached hydrogen (secondary N) is 1. The molecule has 1 heterocycles. The number of nitrogens with zero attached hydrogens (tertiary/aromatic N) is 1. The van der Waals surface area contributed by atoms with E-state index in [1.165, 1.54) is 11.3 Å². The molecule has 1 N–H and O–H groups in total. The third-order valence-corrected chi connectivity index (χ3v) is 4.31. The van der Waals surface area contributed by atoms with Gasteiger partial charge in [0, 0.05) is 13.6 Å². The molecule has 1 aromatic heterocycles. The van der Waals surface area contributed by atoms with Crippen LogP contribution in [0.3, 0.4) is 0 Å². The van der Waals surface area contributed by atoms with Gasteiger partial charge in [0.05, 0.1) is 25.6 Å². The predicted octanol–water partition coefficient (Wildman–Crippen LogP) is 2.15. The zero-order valence-corrected chi connectivity index (χ0v) is 14.7. The lowest BCUT2D eigenvalue weighted by molar-refractivity contribution is -0.129. The molecule has 0 radical (unpaired) electrons. The highest BCUT2D eigenvalue weighted by atomic mass is 32.1. The second-order valence-electron chi connectivity index (χ2n) is 5.10. The minimum absolute atomic E-state index is 0.0411. The molecule has 6 nitrogen and oxygen atoms in total. The van der Waals surface area contributed by atoms with Crippen molar-refractivity contribution in [3.8, 4) is 11.5 Å². The molecule has 7 heteroatoms. The summed E-state index contributed by atoms with van der Waals surface area (Å²) >= 11 is 1.34. The van der Waals surface area contributed by atoms with E-state index in [0.29, 0.717) is 22.9 Å². The van der Waals surface area contributed by atoms with Crippen LogP contribution in [0.25, 0.3) is 0 Å². The van der Waals surface area contributed by atoms with Crippen LogP contribution in [0, 0.1) is 0 Å². The van der Waals surface area contributed by atoms with Gasteiger partial charge in [-0.1, -0.05) is 12.1 Å². The fraction of sp³-hybridized carbons (Fsp3) is 0.294. The maximum absolute atomic E-state index is 12.2. The zero-order valence-electron chi connectivity index (χ0n) is 13.9. The molecule has 0 saturated heterocycles. The summed E-state index contributed by atoms with van der Waals surface area (Å²) in [6, 6.07) is 9.01. The van der Waals surface area contributed by atoms with Gasteiger partial charge in [0.1, 0.15) is 0 Å². The van der Waals surface area contributed by atoms with E-state index >= 15 is 0 Å². The number of carbonyl (C=O) groups is 2. The Hall–Kier alpha value is -2.54. The third-order valence-electron chi connectivity index (χ3n) is 3.44. The molecule has 0 unspecified atom stereocenters. The molecule has 0 atom stereocenters. The first-order chi connectivity index (χ1) is 11.5. The van der Waals surface area contributed by atoms with Gasteiger partial charge >= 0.3 is 0 Å². The molecular formula is C17H20N2O4S. The van der Waals surface area contributed by atoms with Gasteiger partial charge in [0.25, 0.3) is 5.91 Å². The number of hydrogen-bond acceptors (Lipinski definition) is 5. The summed E-state index contributed by atoms with van der Waals surface area (Å²) in [5.41, 5.74) is 0.910. The highest BCUT2D eigenvalue weighted by molar-refractivity contribution is 7.12. The van der Waals surface area contributed by atoms with Crippen LogP contribution in [0.1, 0.15) is 15.2 Å². The largest absolute Gasteiger partial charge is 0.493 e. The fourth-order valence-electron chi connectivity index (χ4n) is 2.13. The molecule has 0 fully saturated rings. The Balaban J connectivity index is 1.90. The molecule has 0 aliphatic heterocycles. The Labute approximate surface area is 145 Å². The smallest absolute Gasteiger partial charge is 0.261 e. The van der Waals surface area contributed by atoms with Gasteiger partial charge in [-0.15, -0.1) is 11.3 Å². The summed E-state index contributed by atoms with van der Waals surface area (Å²) in [5.74, 6) is 0.841. The maximum atomic E-state index is 12.2. The van der Waals surface area contributed by atoms with E-state index in [9.17, 15) is 9.59 Å². The van der Waals surface area contributed by atoms with Crippen LogP contribution in [0.5, 0.6) is 11.5 Å². The standard InChI is InChI=1S/C17H20N2O4S/c1-19(11-12-6-7-13(22-2)14(9-12)23-3)16(20)10-18-17(21)15-5-4-8-24-15/h4-9H,10-11H2,1-3H3,(H,18,21). The number of amides is 2. The highest BCUT2D eigenvalue weighted by Crippen LogP contribution is 2.27. The molecule has 0 spiro atoms. The van der Waals surface area contributed by atoms with Gasteiger partial charge in [0.2, 0.25) is 5.91 Å². The SMILES string of the molecule is COc1ccc(CN(C)C(=O)CNC(=O)c2cccs2)cc1OC. The predicted molar refractivity (Wildman–Crippen MR) is 92.7 cm³/mol. The van der Waals surface area contributed by atoms with E-state index in [1.807, 2.05) is 17.5 Å². The van der Waals surface area contributed by atoms with Gasteiger partial charge in [-0.3, -0.25) is 9.59 Å². The van der Waals surface area contributed by atoms with Crippen LogP contribution in [0.2, 0.25) is 0 Å². The summed E-state index contributed by atoms with van der Waals surface area (Å²) in [7, 11) is 4.83. The normalized spacial score (nSPS) is 10.1. The van der Waals surface area contributed by atoms with E-state index in [4.69, 9.17) is 9.47 Å². The van der Waals surface area contributed by atoms with Crippen molar-refractivity contribution in [2.45, 2.75) is 6.54 Å². The Morgan fingerprint density at radius 3 is 2.54 bits per heavy atom. The summed E-state index contributed by atoms with van der Waals surface area (Å²) in [5, 5.41) is 4.45. The minimum Gasteiger partial charge on any atom is -0.493 e.